The van der Waals surface area contributed by atoms with Crippen LogP contribution in [0.4, 0.5) is 0 Å². The highest BCUT2D eigenvalue weighted by Gasteiger charge is 2.38. The van der Waals surface area contributed by atoms with Crippen molar-refractivity contribution in [2.75, 3.05) is 7.11 Å². The molecule has 2 aliphatic carbocycles. The van der Waals surface area contributed by atoms with Gasteiger partial charge in [-0.2, -0.15) is 0 Å². The normalized spacial score (nSPS) is 29.7. The zero-order chi connectivity index (χ0) is 13.2. The number of hydrogen-bond donors (Lipinski definition) is 1. The molecule has 0 spiro atoms. The summed E-state index contributed by atoms with van der Waals surface area (Å²) in [6.45, 7) is 3.26. The van der Waals surface area contributed by atoms with Crippen LogP contribution in [0.2, 0.25) is 0 Å². The number of benzene rings is 1. The Kier molecular flexibility index (Phi) is 3.61. The summed E-state index contributed by atoms with van der Waals surface area (Å²) in [5.74, 6) is 3.43. The molecule has 19 heavy (non-hydrogen) atoms. The Balaban J connectivity index is 1.55. The number of fused-ring (bicyclic) bond motifs is 2. The molecule has 3 rings (SSSR count). The minimum atomic E-state index is 0.589. The summed E-state index contributed by atoms with van der Waals surface area (Å²) in [4.78, 5) is 0. The molecule has 1 saturated carbocycles. The van der Waals surface area contributed by atoms with Crippen molar-refractivity contribution in [3.05, 3.63) is 42.0 Å². The first-order valence-corrected chi connectivity index (χ1v) is 7.31. The SMILES string of the molecule is COc1cccc(CNC(C)C2CC3C=CC2C3)c1. The van der Waals surface area contributed by atoms with Crippen molar-refractivity contribution in [1.82, 2.24) is 5.32 Å². The minimum absolute atomic E-state index is 0.589. The van der Waals surface area contributed by atoms with Crippen LogP contribution in [0.1, 0.15) is 25.3 Å². The third kappa shape index (κ3) is 2.69. The largest absolute Gasteiger partial charge is 0.497 e. The van der Waals surface area contributed by atoms with Crippen molar-refractivity contribution in [2.45, 2.75) is 32.4 Å². The Hall–Kier alpha value is -1.28. The van der Waals surface area contributed by atoms with Crippen molar-refractivity contribution in [3.8, 4) is 5.75 Å². The van der Waals surface area contributed by atoms with Crippen LogP contribution in [-0.2, 0) is 6.54 Å². The average molecular weight is 257 g/mol. The lowest BCUT2D eigenvalue weighted by molar-refractivity contribution is 0.326. The molecule has 2 heteroatoms. The van der Waals surface area contributed by atoms with E-state index in [1.807, 2.05) is 6.07 Å². The number of ether oxygens (including phenoxy) is 1. The van der Waals surface area contributed by atoms with Gasteiger partial charge in [0.25, 0.3) is 0 Å². The second-order valence-corrected chi connectivity index (χ2v) is 5.97. The van der Waals surface area contributed by atoms with Crippen molar-refractivity contribution in [2.24, 2.45) is 17.8 Å². The van der Waals surface area contributed by atoms with E-state index in [2.05, 4.69) is 42.6 Å². The molecule has 1 aromatic rings. The van der Waals surface area contributed by atoms with Gasteiger partial charge in [-0.3, -0.25) is 0 Å². The summed E-state index contributed by atoms with van der Waals surface area (Å²) in [6, 6.07) is 8.91. The van der Waals surface area contributed by atoms with E-state index >= 15 is 0 Å². The summed E-state index contributed by atoms with van der Waals surface area (Å²) in [6.07, 6.45) is 7.60. The van der Waals surface area contributed by atoms with Crippen LogP contribution >= 0.6 is 0 Å². The van der Waals surface area contributed by atoms with E-state index in [4.69, 9.17) is 4.74 Å². The fourth-order valence-corrected chi connectivity index (χ4v) is 3.61. The molecule has 0 amide bonds. The fourth-order valence-electron chi connectivity index (χ4n) is 3.61. The summed E-state index contributed by atoms with van der Waals surface area (Å²) in [5, 5.41) is 3.69. The molecular formula is C17H23NO. The molecule has 1 fully saturated rings. The lowest BCUT2D eigenvalue weighted by Gasteiger charge is -2.26. The van der Waals surface area contributed by atoms with Crippen LogP contribution < -0.4 is 10.1 Å². The van der Waals surface area contributed by atoms with Crippen LogP contribution in [0.5, 0.6) is 5.75 Å². The zero-order valence-electron chi connectivity index (χ0n) is 11.8. The highest BCUT2D eigenvalue weighted by Crippen LogP contribution is 2.44. The van der Waals surface area contributed by atoms with Gasteiger partial charge >= 0.3 is 0 Å². The van der Waals surface area contributed by atoms with Gasteiger partial charge in [-0.05, 0) is 55.2 Å². The number of rotatable bonds is 5. The van der Waals surface area contributed by atoms with Crippen LogP contribution in [0.3, 0.4) is 0 Å². The Morgan fingerprint density at radius 1 is 1.32 bits per heavy atom. The van der Waals surface area contributed by atoms with Crippen LogP contribution in [-0.4, -0.2) is 13.2 Å². The van der Waals surface area contributed by atoms with Crippen LogP contribution in [0.15, 0.2) is 36.4 Å². The fraction of sp³-hybridized carbons (Fsp3) is 0.529. The quantitative estimate of drug-likeness (QED) is 0.816. The lowest BCUT2D eigenvalue weighted by atomic mass is 9.87. The van der Waals surface area contributed by atoms with Gasteiger partial charge in [-0.15, -0.1) is 0 Å². The van der Waals surface area contributed by atoms with Crippen molar-refractivity contribution in [1.29, 1.82) is 0 Å². The maximum Gasteiger partial charge on any atom is 0.119 e. The first-order chi connectivity index (χ1) is 9.26. The molecule has 102 valence electrons. The summed E-state index contributed by atoms with van der Waals surface area (Å²) in [5.41, 5.74) is 1.30. The minimum Gasteiger partial charge on any atom is -0.497 e. The maximum absolute atomic E-state index is 5.26. The Labute approximate surface area is 115 Å². The van der Waals surface area contributed by atoms with E-state index in [1.54, 1.807) is 7.11 Å². The van der Waals surface area contributed by atoms with Gasteiger partial charge in [-0.1, -0.05) is 24.3 Å². The maximum atomic E-state index is 5.26. The summed E-state index contributed by atoms with van der Waals surface area (Å²) >= 11 is 0. The third-order valence-electron chi connectivity index (χ3n) is 4.73. The standard InChI is InChI=1S/C17H23NO/c1-12(17-10-13-6-7-15(17)8-13)18-11-14-4-3-5-16(9-14)19-2/h3-7,9,12-13,15,17-18H,8,10-11H2,1-2H3. The first-order valence-electron chi connectivity index (χ1n) is 7.31. The zero-order valence-corrected chi connectivity index (χ0v) is 11.8. The van der Waals surface area contributed by atoms with Gasteiger partial charge < -0.3 is 10.1 Å². The Bertz CT molecular complexity index is 468. The molecule has 0 saturated heterocycles. The molecular weight excluding hydrogens is 234 g/mol. The van der Waals surface area contributed by atoms with Crippen molar-refractivity contribution < 1.29 is 4.74 Å². The van der Waals surface area contributed by atoms with Gasteiger partial charge in [0.1, 0.15) is 5.75 Å². The predicted octanol–water partition coefficient (Wildman–Crippen LogP) is 3.39. The average Bonchev–Trinajstić information content (AvgIpc) is 3.07. The summed E-state index contributed by atoms with van der Waals surface area (Å²) in [7, 11) is 1.72. The van der Waals surface area contributed by atoms with Crippen LogP contribution in [0, 0.1) is 17.8 Å². The van der Waals surface area contributed by atoms with E-state index in [9.17, 15) is 0 Å². The van der Waals surface area contributed by atoms with Crippen LogP contribution in [0.25, 0.3) is 0 Å². The molecule has 1 aromatic carbocycles. The second-order valence-electron chi connectivity index (χ2n) is 5.97. The number of nitrogens with one attached hydrogen (secondary N) is 1. The highest BCUT2D eigenvalue weighted by atomic mass is 16.5. The predicted molar refractivity (Wildman–Crippen MR) is 78.1 cm³/mol. The Morgan fingerprint density at radius 3 is 2.89 bits per heavy atom. The lowest BCUT2D eigenvalue weighted by Crippen LogP contribution is -2.35. The topological polar surface area (TPSA) is 21.3 Å². The molecule has 2 aliphatic rings. The number of hydrogen-bond acceptors (Lipinski definition) is 2. The Morgan fingerprint density at radius 2 is 2.21 bits per heavy atom. The molecule has 0 aliphatic heterocycles. The first kappa shape index (κ1) is 12.7. The smallest absolute Gasteiger partial charge is 0.119 e. The van der Waals surface area contributed by atoms with Gasteiger partial charge in [0.15, 0.2) is 0 Å². The molecule has 0 radical (unpaired) electrons. The van der Waals surface area contributed by atoms with Gasteiger partial charge in [0.2, 0.25) is 0 Å². The molecule has 0 aromatic heterocycles. The van der Waals surface area contributed by atoms with Crippen molar-refractivity contribution in [3.63, 3.8) is 0 Å². The summed E-state index contributed by atoms with van der Waals surface area (Å²) < 4.78 is 5.26. The van der Waals surface area contributed by atoms with E-state index in [-0.39, 0.29) is 0 Å². The monoisotopic (exact) mass is 257 g/mol. The number of allylic oxidation sites excluding steroid dienone is 2. The number of methoxy groups -OCH3 is 1. The molecule has 4 atom stereocenters. The van der Waals surface area contributed by atoms with E-state index < -0.39 is 0 Å². The third-order valence-corrected chi connectivity index (χ3v) is 4.73. The van der Waals surface area contributed by atoms with Gasteiger partial charge in [0, 0.05) is 12.6 Å². The van der Waals surface area contributed by atoms with Crippen molar-refractivity contribution >= 4 is 0 Å². The molecule has 2 nitrogen and oxygen atoms in total. The van der Waals surface area contributed by atoms with E-state index in [0.29, 0.717) is 6.04 Å². The second kappa shape index (κ2) is 5.38. The molecule has 4 unspecified atom stereocenters. The van der Waals surface area contributed by atoms with Gasteiger partial charge in [0.05, 0.1) is 7.11 Å². The van der Waals surface area contributed by atoms with E-state index in [0.717, 1.165) is 30.0 Å². The molecule has 1 N–H and O–H groups in total. The van der Waals surface area contributed by atoms with E-state index in [1.165, 1.54) is 18.4 Å². The molecule has 0 heterocycles. The van der Waals surface area contributed by atoms with Gasteiger partial charge in [-0.25, -0.2) is 0 Å². The molecule has 2 bridgehead atoms. The highest BCUT2D eigenvalue weighted by molar-refractivity contribution is 5.28.